The number of anilines is 1. The Bertz CT molecular complexity index is 745. The number of phenols is 2. The van der Waals surface area contributed by atoms with Crippen LogP contribution in [0.1, 0.15) is 42.7 Å². The molecule has 27 heavy (non-hydrogen) atoms. The standard InChI is InChI=1S/C23H30N2O2/c26-22-10-5-18(17-23(22)27)11-12-24-13-15-25(16-14-24)21-8-6-20(7-9-21)19-3-1-2-4-19/h5-10,17,19,26-27H,1-4,11-16H2. The van der Waals surface area contributed by atoms with Crippen molar-refractivity contribution in [3.8, 4) is 11.5 Å². The van der Waals surface area contributed by atoms with Crippen molar-refractivity contribution in [1.29, 1.82) is 0 Å². The molecule has 2 aromatic rings. The van der Waals surface area contributed by atoms with E-state index in [0.717, 1.165) is 50.6 Å². The monoisotopic (exact) mass is 366 g/mol. The SMILES string of the molecule is Oc1ccc(CCN2CCN(c3ccc(C4CCCC4)cc3)CC2)cc1O. The molecule has 2 aromatic carbocycles. The highest BCUT2D eigenvalue weighted by Gasteiger charge is 2.19. The first-order valence-corrected chi connectivity index (χ1v) is 10.3. The Hall–Kier alpha value is -2.20. The smallest absolute Gasteiger partial charge is 0.157 e. The molecule has 144 valence electrons. The highest BCUT2D eigenvalue weighted by atomic mass is 16.3. The van der Waals surface area contributed by atoms with Crippen molar-refractivity contribution in [3.63, 3.8) is 0 Å². The van der Waals surface area contributed by atoms with Gasteiger partial charge in [-0.15, -0.1) is 0 Å². The van der Waals surface area contributed by atoms with Crippen LogP contribution in [0.5, 0.6) is 11.5 Å². The number of piperazine rings is 1. The first kappa shape index (κ1) is 18.2. The quantitative estimate of drug-likeness (QED) is 0.782. The maximum atomic E-state index is 9.62. The maximum absolute atomic E-state index is 9.62. The van der Waals surface area contributed by atoms with E-state index in [1.54, 1.807) is 12.1 Å². The summed E-state index contributed by atoms with van der Waals surface area (Å²) < 4.78 is 0. The van der Waals surface area contributed by atoms with Gasteiger partial charge in [0.15, 0.2) is 11.5 Å². The first-order valence-electron chi connectivity index (χ1n) is 10.3. The van der Waals surface area contributed by atoms with Crippen LogP contribution in [0, 0.1) is 0 Å². The molecule has 0 radical (unpaired) electrons. The number of nitrogens with zero attached hydrogens (tertiary/aromatic N) is 2. The molecule has 1 aliphatic carbocycles. The molecule has 2 fully saturated rings. The summed E-state index contributed by atoms with van der Waals surface area (Å²) in [6, 6.07) is 14.4. The minimum Gasteiger partial charge on any atom is -0.504 e. The van der Waals surface area contributed by atoms with Crippen LogP contribution >= 0.6 is 0 Å². The molecular formula is C23H30N2O2. The van der Waals surface area contributed by atoms with E-state index in [2.05, 4.69) is 34.1 Å². The van der Waals surface area contributed by atoms with Crippen LogP contribution in [0.25, 0.3) is 0 Å². The molecule has 1 saturated heterocycles. The summed E-state index contributed by atoms with van der Waals surface area (Å²) in [5.41, 5.74) is 3.93. The number of rotatable bonds is 5. The number of hydrogen-bond donors (Lipinski definition) is 2. The second-order valence-electron chi connectivity index (χ2n) is 7.97. The number of benzene rings is 2. The Kier molecular flexibility index (Phi) is 5.53. The van der Waals surface area contributed by atoms with Crippen molar-refractivity contribution < 1.29 is 10.2 Å². The third-order valence-corrected chi connectivity index (χ3v) is 6.21. The van der Waals surface area contributed by atoms with E-state index in [0.29, 0.717) is 0 Å². The van der Waals surface area contributed by atoms with E-state index in [1.807, 2.05) is 6.07 Å². The first-order chi connectivity index (χ1) is 13.2. The lowest BCUT2D eigenvalue weighted by atomic mass is 9.97. The summed E-state index contributed by atoms with van der Waals surface area (Å²) in [4.78, 5) is 4.97. The van der Waals surface area contributed by atoms with E-state index in [1.165, 1.54) is 36.9 Å². The number of phenolic OH excluding ortho intramolecular Hbond substituents is 2. The Morgan fingerprint density at radius 3 is 2.19 bits per heavy atom. The molecule has 0 aromatic heterocycles. The van der Waals surface area contributed by atoms with Crippen molar-refractivity contribution in [2.45, 2.75) is 38.0 Å². The number of hydrogen-bond acceptors (Lipinski definition) is 4. The Morgan fingerprint density at radius 1 is 0.815 bits per heavy atom. The van der Waals surface area contributed by atoms with Crippen molar-refractivity contribution >= 4 is 5.69 Å². The lowest BCUT2D eigenvalue weighted by Gasteiger charge is -2.36. The van der Waals surface area contributed by atoms with Gasteiger partial charge >= 0.3 is 0 Å². The third-order valence-electron chi connectivity index (χ3n) is 6.21. The zero-order valence-electron chi connectivity index (χ0n) is 16.0. The van der Waals surface area contributed by atoms with Crippen LogP contribution in [0.3, 0.4) is 0 Å². The summed E-state index contributed by atoms with van der Waals surface area (Å²) in [7, 11) is 0. The molecule has 0 amide bonds. The van der Waals surface area contributed by atoms with E-state index < -0.39 is 0 Å². The molecule has 4 rings (SSSR count). The van der Waals surface area contributed by atoms with Gasteiger partial charge in [0, 0.05) is 38.4 Å². The van der Waals surface area contributed by atoms with Gasteiger partial charge in [-0.05, 0) is 60.6 Å². The van der Waals surface area contributed by atoms with Gasteiger partial charge in [0.2, 0.25) is 0 Å². The van der Waals surface area contributed by atoms with Crippen LogP contribution in [0.2, 0.25) is 0 Å². The second kappa shape index (κ2) is 8.22. The minimum atomic E-state index is -0.0497. The van der Waals surface area contributed by atoms with E-state index >= 15 is 0 Å². The van der Waals surface area contributed by atoms with Gasteiger partial charge in [-0.1, -0.05) is 31.0 Å². The van der Waals surface area contributed by atoms with Crippen molar-refractivity contribution in [2.75, 3.05) is 37.6 Å². The van der Waals surface area contributed by atoms with Crippen molar-refractivity contribution in [1.82, 2.24) is 4.90 Å². The van der Waals surface area contributed by atoms with Crippen molar-refractivity contribution in [3.05, 3.63) is 53.6 Å². The molecule has 2 aliphatic rings. The summed E-state index contributed by atoms with van der Waals surface area (Å²) >= 11 is 0. The minimum absolute atomic E-state index is 0.0293. The highest BCUT2D eigenvalue weighted by Crippen LogP contribution is 2.34. The predicted octanol–water partition coefficient (Wildman–Crippen LogP) is 4.12. The van der Waals surface area contributed by atoms with Crippen LogP contribution in [-0.4, -0.2) is 47.8 Å². The molecule has 1 heterocycles. The molecular weight excluding hydrogens is 336 g/mol. The summed E-state index contributed by atoms with van der Waals surface area (Å²) in [5, 5.41) is 19.0. The maximum Gasteiger partial charge on any atom is 0.157 e. The van der Waals surface area contributed by atoms with Crippen LogP contribution in [-0.2, 0) is 6.42 Å². The fraction of sp³-hybridized carbons (Fsp3) is 0.478. The van der Waals surface area contributed by atoms with Crippen LogP contribution in [0.4, 0.5) is 5.69 Å². The number of aromatic hydroxyl groups is 2. The predicted molar refractivity (Wildman–Crippen MR) is 110 cm³/mol. The topological polar surface area (TPSA) is 46.9 Å². The summed E-state index contributed by atoms with van der Waals surface area (Å²) in [5.74, 6) is 0.708. The van der Waals surface area contributed by atoms with Gasteiger partial charge in [-0.3, -0.25) is 4.90 Å². The highest BCUT2D eigenvalue weighted by molar-refractivity contribution is 5.48. The van der Waals surface area contributed by atoms with E-state index in [-0.39, 0.29) is 11.5 Å². The lowest BCUT2D eigenvalue weighted by Crippen LogP contribution is -2.47. The molecule has 1 aliphatic heterocycles. The fourth-order valence-electron chi connectivity index (χ4n) is 4.46. The zero-order chi connectivity index (χ0) is 18.6. The Morgan fingerprint density at radius 2 is 1.52 bits per heavy atom. The molecule has 1 saturated carbocycles. The fourth-order valence-corrected chi connectivity index (χ4v) is 4.46. The molecule has 0 spiro atoms. The molecule has 0 atom stereocenters. The average Bonchev–Trinajstić information content (AvgIpc) is 3.24. The molecule has 0 unspecified atom stereocenters. The van der Waals surface area contributed by atoms with Gasteiger partial charge in [0.1, 0.15) is 0 Å². The molecule has 2 N–H and O–H groups in total. The van der Waals surface area contributed by atoms with Gasteiger partial charge in [-0.2, -0.15) is 0 Å². The average molecular weight is 367 g/mol. The third kappa shape index (κ3) is 4.38. The zero-order valence-corrected chi connectivity index (χ0v) is 16.0. The lowest BCUT2D eigenvalue weighted by molar-refractivity contribution is 0.261. The van der Waals surface area contributed by atoms with Gasteiger partial charge in [-0.25, -0.2) is 0 Å². The molecule has 4 nitrogen and oxygen atoms in total. The summed E-state index contributed by atoms with van der Waals surface area (Å²) in [6.45, 7) is 5.23. The van der Waals surface area contributed by atoms with Gasteiger partial charge < -0.3 is 15.1 Å². The molecule has 4 heteroatoms. The summed E-state index contributed by atoms with van der Waals surface area (Å²) in [6.07, 6.45) is 6.38. The van der Waals surface area contributed by atoms with E-state index in [4.69, 9.17) is 0 Å². The van der Waals surface area contributed by atoms with E-state index in [9.17, 15) is 10.2 Å². The van der Waals surface area contributed by atoms with Gasteiger partial charge in [0.05, 0.1) is 0 Å². The van der Waals surface area contributed by atoms with Gasteiger partial charge in [0.25, 0.3) is 0 Å². The Labute approximate surface area is 162 Å². The van der Waals surface area contributed by atoms with Crippen LogP contribution in [0.15, 0.2) is 42.5 Å². The largest absolute Gasteiger partial charge is 0.504 e. The second-order valence-corrected chi connectivity index (χ2v) is 7.97. The normalized spacial score (nSPS) is 18.9. The molecule has 0 bridgehead atoms. The Balaban J connectivity index is 1.26. The van der Waals surface area contributed by atoms with Crippen LogP contribution < -0.4 is 4.90 Å². The van der Waals surface area contributed by atoms with Crippen molar-refractivity contribution in [2.24, 2.45) is 0 Å².